The number of furan rings is 1. The van der Waals surface area contributed by atoms with Crippen LogP contribution in [0, 0.1) is 11.3 Å². The number of esters is 1. The van der Waals surface area contributed by atoms with E-state index in [0.717, 1.165) is 0 Å². The molecule has 34 heavy (non-hydrogen) atoms. The van der Waals surface area contributed by atoms with Crippen molar-refractivity contribution in [3.05, 3.63) is 82.8 Å². The highest BCUT2D eigenvalue weighted by atomic mass is 35.5. The summed E-state index contributed by atoms with van der Waals surface area (Å²) >= 11 is 5.90. The fraction of sp³-hybridized carbons (Fsp3) is 0.160. The number of nitrogens with one attached hydrogen (secondary N) is 1. The molecular formula is C25H21ClN2O6. The summed E-state index contributed by atoms with van der Waals surface area (Å²) in [5, 5.41) is 12.5. The zero-order valence-corrected chi connectivity index (χ0v) is 19.0. The summed E-state index contributed by atoms with van der Waals surface area (Å²) in [6.45, 7) is 1.91. The number of rotatable bonds is 10. The van der Waals surface area contributed by atoms with Gasteiger partial charge in [-0.15, -0.1) is 0 Å². The van der Waals surface area contributed by atoms with Crippen LogP contribution in [0.1, 0.15) is 18.2 Å². The first-order valence-corrected chi connectivity index (χ1v) is 10.6. The largest absolute Gasteiger partial charge is 0.490 e. The second kappa shape index (κ2) is 12.1. The number of benzene rings is 2. The Morgan fingerprint density at radius 2 is 1.97 bits per heavy atom. The number of nitrogens with zero attached hydrogens (tertiary/aromatic N) is 1. The van der Waals surface area contributed by atoms with E-state index in [4.69, 9.17) is 30.2 Å². The Morgan fingerprint density at radius 1 is 1.12 bits per heavy atom. The van der Waals surface area contributed by atoms with Crippen molar-refractivity contribution in [1.29, 1.82) is 5.26 Å². The molecule has 1 N–H and O–H groups in total. The number of hydrogen-bond acceptors (Lipinski definition) is 7. The molecule has 0 aliphatic carbocycles. The molecule has 9 heteroatoms. The van der Waals surface area contributed by atoms with Gasteiger partial charge in [0.1, 0.15) is 23.2 Å². The molecule has 3 rings (SSSR count). The highest BCUT2D eigenvalue weighted by Crippen LogP contribution is 2.30. The van der Waals surface area contributed by atoms with Crippen molar-refractivity contribution in [2.45, 2.75) is 13.5 Å². The fourth-order valence-electron chi connectivity index (χ4n) is 2.81. The molecule has 1 heterocycles. The Kier molecular flexibility index (Phi) is 8.72. The standard InChI is InChI=1S/C25H21ClN2O6/c1-2-31-23-12-17(11-18(14-27)25(30)28-15-21-7-4-10-32-21)8-9-22(23)34-24(29)16-33-20-6-3-5-19(26)13-20/h3-13H,2,15-16H2,1H3,(H,28,30)/b18-11+. The van der Waals surface area contributed by atoms with Gasteiger partial charge >= 0.3 is 5.97 Å². The first kappa shape index (κ1) is 24.4. The number of nitriles is 1. The number of halogens is 1. The van der Waals surface area contributed by atoms with Crippen molar-refractivity contribution >= 4 is 29.6 Å². The topological polar surface area (TPSA) is 111 Å². The van der Waals surface area contributed by atoms with E-state index < -0.39 is 11.9 Å². The van der Waals surface area contributed by atoms with Crippen LogP contribution in [0.15, 0.2) is 70.9 Å². The van der Waals surface area contributed by atoms with E-state index in [1.807, 2.05) is 6.07 Å². The van der Waals surface area contributed by atoms with Crippen LogP contribution in [-0.4, -0.2) is 25.1 Å². The molecule has 0 saturated heterocycles. The van der Waals surface area contributed by atoms with Gasteiger partial charge in [-0.05, 0) is 61.0 Å². The zero-order valence-electron chi connectivity index (χ0n) is 18.2. The SMILES string of the molecule is CCOc1cc(/C=C(\C#N)C(=O)NCc2ccco2)ccc1OC(=O)COc1cccc(Cl)c1. The molecule has 0 aliphatic heterocycles. The molecule has 3 aromatic rings. The second-order valence-corrected chi connectivity index (χ2v) is 7.23. The van der Waals surface area contributed by atoms with Gasteiger partial charge < -0.3 is 23.9 Å². The molecule has 2 aromatic carbocycles. The predicted octanol–water partition coefficient (Wildman–Crippen LogP) is 4.54. The zero-order chi connectivity index (χ0) is 24.3. The average molecular weight is 481 g/mol. The summed E-state index contributed by atoms with van der Waals surface area (Å²) in [6, 6.07) is 16.6. The van der Waals surface area contributed by atoms with E-state index in [-0.39, 0.29) is 30.2 Å². The summed E-state index contributed by atoms with van der Waals surface area (Å²) in [6.07, 6.45) is 2.91. The van der Waals surface area contributed by atoms with Crippen LogP contribution in [0.2, 0.25) is 5.02 Å². The summed E-state index contributed by atoms with van der Waals surface area (Å²) in [7, 11) is 0. The third-order valence-electron chi connectivity index (χ3n) is 4.32. The predicted molar refractivity (Wildman–Crippen MR) is 124 cm³/mol. The summed E-state index contributed by atoms with van der Waals surface area (Å²) in [4.78, 5) is 24.6. The van der Waals surface area contributed by atoms with E-state index in [2.05, 4.69) is 5.32 Å². The number of hydrogen-bond donors (Lipinski definition) is 1. The minimum absolute atomic E-state index is 0.103. The lowest BCUT2D eigenvalue weighted by Gasteiger charge is -2.12. The molecular weight excluding hydrogens is 460 g/mol. The van der Waals surface area contributed by atoms with Gasteiger partial charge in [-0.3, -0.25) is 4.79 Å². The van der Waals surface area contributed by atoms with Gasteiger partial charge in [-0.25, -0.2) is 4.79 Å². The number of amides is 1. The smallest absolute Gasteiger partial charge is 0.349 e. The average Bonchev–Trinajstić information content (AvgIpc) is 3.35. The van der Waals surface area contributed by atoms with Crippen molar-refractivity contribution in [3.8, 4) is 23.3 Å². The number of carbonyl (C=O) groups is 2. The lowest BCUT2D eigenvalue weighted by atomic mass is 10.1. The molecule has 0 aliphatic rings. The number of ether oxygens (including phenoxy) is 3. The molecule has 0 spiro atoms. The molecule has 174 valence electrons. The summed E-state index contributed by atoms with van der Waals surface area (Å²) < 4.78 is 21.5. The third-order valence-corrected chi connectivity index (χ3v) is 4.56. The van der Waals surface area contributed by atoms with Gasteiger partial charge in [-0.1, -0.05) is 23.7 Å². The molecule has 0 bridgehead atoms. The first-order valence-electron chi connectivity index (χ1n) is 10.3. The number of carbonyl (C=O) groups excluding carboxylic acids is 2. The maximum absolute atomic E-state index is 12.3. The van der Waals surface area contributed by atoms with Crippen molar-refractivity contribution < 1.29 is 28.2 Å². The normalized spacial score (nSPS) is 10.8. The lowest BCUT2D eigenvalue weighted by molar-refractivity contribution is -0.136. The van der Waals surface area contributed by atoms with Gasteiger partial charge in [0.2, 0.25) is 0 Å². The van der Waals surface area contributed by atoms with E-state index in [1.165, 1.54) is 18.4 Å². The molecule has 0 fully saturated rings. The van der Waals surface area contributed by atoms with Gasteiger partial charge in [-0.2, -0.15) is 5.26 Å². The van der Waals surface area contributed by atoms with Crippen molar-refractivity contribution in [3.63, 3.8) is 0 Å². The maximum Gasteiger partial charge on any atom is 0.349 e. The quantitative estimate of drug-likeness (QED) is 0.196. The van der Waals surface area contributed by atoms with Crippen LogP contribution in [-0.2, 0) is 16.1 Å². The minimum atomic E-state index is -0.640. The van der Waals surface area contributed by atoms with Crippen LogP contribution in [0.25, 0.3) is 6.08 Å². The Labute approximate surface area is 201 Å². The Morgan fingerprint density at radius 3 is 2.68 bits per heavy atom. The van der Waals surface area contributed by atoms with Crippen molar-refractivity contribution in [1.82, 2.24) is 5.32 Å². The second-order valence-electron chi connectivity index (χ2n) is 6.79. The molecule has 8 nitrogen and oxygen atoms in total. The van der Waals surface area contributed by atoms with Gasteiger partial charge in [0.15, 0.2) is 18.1 Å². The van der Waals surface area contributed by atoms with E-state index in [0.29, 0.717) is 28.7 Å². The third kappa shape index (κ3) is 7.15. The highest BCUT2D eigenvalue weighted by molar-refractivity contribution is 6.30. The molecule has 0 radical (unpaired) electrons. The Hall–Kier alpha value is -4.22. The van der Waals surface area contributed by atoms with Gasteiger partial charge in [0.05, 0.1) is 19.4 Å². The van der Waals surface area contributed by atoms with Crippen LogP contribution >= 0.6 is 11.6 Å². The van der Waals surface area contributed by atoms with Crippen LogP contribution in [0.3, 0.4) is 0 Å². The van der Waals surface area contributed by atoms with Gasteiger partial charge in [0.25, 0.3) is 5.91 Å². The molecule has 0 atom stereocenters. The summed E-state index contributed by atoms with van der Waals surface area (Å²) in [5.74, 6) is 0.268. The minimum Gasteiger partial charge on any atom is -0.490 e. The van der Waals surface area contributed by atoms with E-state index in [1.54, 1.807) is 55.5 Å². The first-order chi connectivity index (χ1) is 16.5. The lowest BCUT2D eigenvalue weighted by Crippen LogP contribution is -2.23. The van der Waals surface area contributed by atoms with Gasteiger partial charge in [0, 0.05) is 5.02 Å². The fourth-order valence-corrected chi connectivity index (χ4v) is 2.99. The molecule has 0 unspecified atom stereocenters. The van der Waals surface area contributed by atoms with E-state index in [9.17, 15) is 14.9 Å². The van der Waals surface area contributed by atoms with Crippen molar-refractivity contribution in [2.75, 3.05) is 13.2 Å². The van der Waals surface area contributed by atoms with Crippen LogP contribution in [0.5, 0.6) is 17.2 Å². The van der Waals surface area contributed by atoms with Crippen LogP contribution in [0.4, 0.5) is 0 Å². The monoisotopic (exact) mass is 480 g/mol. The van der Waals surface area contributed by atoms with E-state index >= 15 is 0 Å². The maximum atomic E-state index is 12.3. The summed E-state index contributed by atoms with van der Waals surface area (Å²) in [5.41, 5.74) is 0.414. The Balaban J connectivity index is 1.67. The Bertz CT molecular complexity index is 1210. The van der Waals surface area contributed by atoms with Crippen molar-refractivity contribution in [2.24, 2.45) is 0 Å². The van der Waals surface area contributed by atoms with Crippen LogP contribution < -0.4 is 19.5 Å². The molecule has 1 amide bonds. The highest BCUT2D eigenvalue weighted by Gasteiger charge is 2.14. The molecule has 0 saturated carbocycles. The molecule has 1 aromatic heterocycles.